The average molecular weight is 366 g/mol. The maximum atomic E-state index is 12.3. The molecule has 1 aliphatic heterocycles. The monoisotopic (exact) mass is 366 g/mol. The molecule has 0 unspecified atom stereocenters. The van der Waals surface area contributed by atoms with Gasteiger partial charge >= 0.3 is 5.97 Å². The van der Waals surface area contributed by atoms with Gasteiger partial charge in [0, 0.05) is 12.5 Å². The van der Waals surface area contributed by atoms with Gasteiger partial charge in [-0.15, -0.1) is 0 Å². The second kappa shape index (κ2) is 9.33. The summed E-state index contributed by atoms with van der Waals surface area (Å²) in [4.78, 5) is 25.3. The molecule has 5 heteroatoms. The number of hydrogen-bond acceptors (Lipinski definition) is 3. The van der Waals surface area contributed by atoms with Crippen molar-refractivity contribution in [3.8, 4) is 0 Å². The second-order valence-corrected chi connectivity index (χ2v) is 6.98. The van der Waals surface area contributed by atoms with Crippen LogP contribution in [0.5, 0.6) is 0 Å². The summed E-state index contributed by atoms with van der Waals surface area (Å²) in [6.45, 7) is 1.37. The van der Waals surface area contributed by atoms with E-state index in [1.54, 1.807) is 4.90 Å². The third kappa shape index (κ3) is 5.17. The number of hydrogen-bond donors (Lipinski definition) is 2. The summed E-state index contributed by atoms with van der Waals surface area (Å²) in [7, 11) is 0. The highest BCUT2D eigenvalue weighted by Crippen LogP contribution is 2.27. The molecular weight excluding hydrogens is 340 g/mol. The van der Waals surface area contributed by atoms with Crippen LogP contribution >= 0.6 is 0 Å². The summed E-state index contributed by atoms with van der Waals surface area (Å²) in [6, 6.07) is 20.0. The zero-order valence-electron chi connectivity index (χ0n) is 15.4. The predicted molar refractivity (Wildman–Crippen MR) is 105 cm³/mol. The van der Waals surface area contributed by atoms with Gasteiger partial charge in [-0.3, -0.25) is 14.5 Å². The molecule has 1 amide bonds. The minimum atomic E-state index is -0.839. The number of amides is 1. The van der Waals surface area contributed by atoms with Gasteiger partial charge in [-0.1, -0.05) is 60.7 Å². The smallest absolute Gasteiger partial charge is 0.320 e. The normalized spacial score (nSPS) is 17.1. The van der Waals surface area contributed by atoms with Crippen molar-refractivity contribution in [2.75, 3.05) is 19.6 Å². The minimum Gasteiger partial charge on any atom is -0.480 e. The molecule has 1 heterocycles. The van der Waals surface area contributed by atoms with Crippen molar-refractivity contribution >= 4 is 11.9 Å². The van der Waals surface area contributed by atoms with Crippen LogP contribution in [0.2, 0.25) is 0 Å². The molecule has 0 aliphatic carbocycles. The number of benzene rings is 2. The number of carbonyl (C=O) groups is 2. The van der Waals surface area contributed by atoms with E-state index < -0.39 is 12.0 Å². The maximum absolute atomic E-state index is 12.3. The molecule has 0 radical (unpaired) electrons. The Bertz CT molecular complexity index is 709. The summed E-state index contributed by atoms with van der Waals surface area (Å²) in [6.07, 6.45) is 2.24. The standard InChI is InChI=1S/C22H26N2O3/c25-21(16-24-15-7-12-20(24)22(26)27)23-14-13-19(17-8-3-1-4-9-17)18-10-5-2-6-11-18/h1-6,8-11,19-20H,7,12-16H2,(H,23,25)(H,26,27)/t20-/m0/s1. The molecule has 0 saturated carbocycles. The first kappa shape index (κ1) is 19.1. The number of carbonyl (C=O) groups excluding carboxylic acids is 1. The van der Waals surface area contributed by atoms with E-state index in [4.69, 9.17) is 0 Å². The highest BCUT2D eigenvalue weighted by molar-refractivity contribution is 5.80. The van der Waals surface area contributed by atoms with E-state index in [1.807, 2.05) is 36.4 Å². The van der Waals surface area contributed by atoms with Crippen LogP contribution in [0.1, 0.15) is 36.3 Å². The van der Waals surface area contributed by atoms with Crippen LogP contribution in [0.15, 0.2) is 60.7 Å². The fourth-order valence-corrected chi connectivity index (χ4v) is 3.79. The highest BCUT2D eigenvalue weighted by Gasteiger charge is 2.31. The Labute approximate surface area is 160 Å². The van der Waals surface area contributed by atoms with Crippen molar-refractivity contribution in [3.63, 3.8) is 0 Å². The Morgan fingerprint density at radius 2 is 1.63 bits per heavy atom. The number of carboxylic acids is 1. The Balaban J connectivity index is 1.56. The molecular formula is C22H26N2O3. The van der Waals surface area contributed by atoms with Crippen molar-refractivity contribution in [1.29, 1.82) is 0 Å². The van der Waals surface area contributed by atoms with Gasteiger partial charge in [0.25, 0.3) is 0 Å². The molecule has 1 fully saturated rings. The molecule has 5 nitrogen and oxygen atoms in total. The van der Waals surface area contributed by atoms with Gasteiger partial charge < -0.3 is 10.4 Å². The summed E-state index contributed by atoms with van der Waals surface area (Å²) >= 11 is 0. The average Bonchev–Trinajstić information content (AvgIpc) is 3.15. The molecule has 2 aromatic rings. The molecule has 142 valence electrons. The molecule has 2 N–H and O–H groups in total. The van der Waals surface area contributed by atoms with E-state index >= 15 is 0 Å². The van der Waals surface area contributed by atoms with Crippen LogP contribution in [-0.2, 0) is 9.59 Å². The minimum absolute atomic E-state index is 0.108. The van der Waals surface area contributed by atoms with E-state index in [1.165, 1.54) is 11.1 Å². The molecule has 1 saturated heterocycles. The van der Waals surface area contributed by atoms with Gasteiger partial charge in [-0.2, -0.15) is 0 Å². The van der Waals surface area contributed by atoms with E-state index in [0.717, 1.165) is 12.8 Å². The summed E-state index contributed by atoms with van der Waals surface area (Å²) < 4.78 is 0. The summed E-state index contributed by atoms with van der Waals surface area (Å²) in [5.41, 5.74) is 2.45. The van der Waals surface area contributed by atoms with Crippen LogP contribution in [0.3, 0.4) is 0 Å². The van der Waals surface area contributed by atoms with Crippen LogP contribution in [-0.4, -0.2) is 47.6 Å². The second-order valence-electron chi connectivity index (χ2n) is 6.98. The lowest BCUT2D eigenvalue weighted by Crippen LogP contribution is -2.43. The molecule has 1 atom stereocenters. The zero-order valence-corrected chi connectivity index (χ0v) is 15.4. The van der Waals surface area contributed by atoms with Crippen LogP contribution in [0, 0.1) is 0 Å². The first-order valence-electron chi connectivity index (χ1n) is 9.48. The fourth-order valence-electron chi connectivity index (χ4n) is 3.79. The van der Waals surface area contributed by atoms with Crippen molar-refractivity contribution in [2.45, 2.75) is 31.2 Å². The number of rotatable bonds is 8. The lowest BCUT2D eigenvalue weighted by Gasteiger charge is -2.21. The van der Waals surface area contributed by atoms with Crippen LogP contribution < -0.4 is 5.32 Å². The van der Waals surface area contributed by atoms with E-state index in [0.29, 0.717) is 19.5 Å². The Morgan fingerprint density at radius 3 is 2.19 bits per heavy atom. The number of carboxylic acid groups (broad SMARTS) is 1. The third-order valence-electron chi connectivity index (χ3n) is 5.15. The number of likely N-dealkylation sites (tertiary alicyclic amines) is 1. The topological polar surface area (TPSA) is 69.6 Å². The quantitative estimate of drug-likeness (QED) is 0.754. The van der Waals surface area contributed by atoms with Gasteiger partial charge in [0.05, 0.1) is 6.54 Å². The van der Waals surface area contributed by atoms with Gasteiger partial charge in [-0.05, 0) is 36.9 Å². The zero-order chi connectivity index (χ0) is 19.1. The number of aliphatic carboxylic acids is 1. The molecule has 0 aromatic heterocycles. The van der Waals surface area contributed by atoms with Gasteiger partial charge in [0.1, 0.15) is 6.04 Å². The molecule has 1 aliphatic rings. The van der Waals surface area contributed by atoms with Crippen molar-refractivity contribution < 1.29 is 14.7 Å². The third-order valence-corrected chi connectivity index (χ3v) is 5.15. The fraction of sp³-hybridized carbons (Fsp3) is 0.364. The SMILES string of the molecule is O=C(CN1CCC[C@H]1C(=O)O)NCCC(c1ccccc1)c1ccccc1. The summed E-state index contributed by atoms with van der Waals surface area (Å²) in [5.74, 6) is -0.734. The predicted octanol–water partition coefficient (Wildman–Crippen LogP) is 2.87. The molecule has 0 bridgehead atoms. The van der Waals surface area contributed by atoms with Crippen LogP contribution in [0.25, 0.3) is 0 Å². The summed E-state index contributed by atoms with van der Waals surface area (Å²) in [5, 5.41) is 12.2. The lowest BCUT2D eigenvalue weighted by atomic mass is 9.88. The van der Waals surface area contributed by atoms with E-state index in [9.17, 15) is 14.7 Å². The molecule has 0 spiro atoms. The molecule has 3 rings (SSSR count). The van der Waals surface area contributed by atoms with Gasteiger partial charge in [0.15, 0.2) is 0 Å². The Morgan fingerprint density at radius 1 is 1.04 bits per heavy atom. The van der Waals surface area contributed by atoms with E-state index in [2.05, 4.69) is 29.6 Å². The Hall–Kier alpha value is -2.66. The van der Waals surface area contributed by atoms with Crippen molar-refractivity contribution in [2.24, 2.45) is 0 Å². The lowest BCUT2D eigenvalue weighted by molar-refractivity contribution is -0.142. The number of nitrogens with one attached hydrogen (secondary N) is 1. The first-order valence-corrected chi connectivity index (χ1v) is 9.48. The van der Waals surface area contributed by atoms with Gasteiger partial charge in [0.2, 0.25) is 5.91 Å². The highest BCUT2D eigenvalue weighted by atomic mass is 16.4. The van der Waals surface area contributed by atoms with Crippen molar-refractivity contribution in [3.05, 3.63) is 71.8 Å². The van der Waals surface area contributed by atoms with Crippen molar-refractivity contribution in [1.82, 2.24) is 10.2 Å². The largest absolute Gasteiger partial charge is 0.480 e. The number of nitrogens with zero attached hydrogens (tertiary/aromatic N) is 1. The first-order chi connectivity index (χ1) is 13.1. The van der Waals surface area contributed by atoms with Gasteiger partial charge in [-0.25, -0.2) is 0 Å². The Kier molecular flexibility index (Phi) is 6.60. The molecule has 27 heavy (non-hydrogen) atoms. The maximum Gasteiger partial charge on any atom is 0.320 e. The molecule has 2 aromatic carbocycles. The van der Waals surface area contributed by atoms with Crippen LogP contribution in [0.4, 0.5) is 0 Å². The van der Waals surface area contributed by atoms with E-state index in [-0.39, 0.29) is 18.4 Å².